The summed E-state index contributed by atoms with van der Waals surface area (Å²) < 4.78 is 5.43. The van der Waals surface area contributed by atoms with Gasteiger partial charge >= 0.3 is 5.97 Å². The molecule has 6 heteroatoms. The van der Waals surface area contributed by atoms with Gasteiger partial charge in [-0.3, -0.25) is 9.78 Å². The Morgan fingerprint density at radius 3 is 2.80 bits per heavy atom. The van der Waals surface area contributed by atoms with Gasteiger partial charge in [-0.1, -0.05) is 19.3 Å². The number of hydrogen-bond donors (Lipinski definition) is 1. The van der Waals surface area contributed by atoms with Crippen LogP contribution in [0.2, 0.25) is 0 Å². The molecule has 0 amide bonds. The molecule has 1 N–H and O–H groups in total. The Balaban J connectivity index is 1.29. The van der Waals surface area contributed by atoms with E-state index in [1.165, 1.54) is 61.6 Å². The second-order valence-electron chi connectivity index (χ2n) is 10.4. The molecule has 1 saturated heterocycles. The van der Waals surface area contributed by atoms with Crippen molar-refractivity contribution in [1.82, 2.24) is 9.88 Å². The lowest BCUT2D eigenvalue weighted by Crippen LogP contribution is -2.41. The first-order chi connectivity index (χ1) is 17.1. The zero-order valence-electron chi connectivity index (χ0n) is 21.3. The minimum Gasteiger partial charge on any atom is -0.497 e. The number of carboxylic acids is 1. The number of aromatic nitrogens is 1. The third-order valence-electron chi connectivity index (χ3n) is 8.08. The lowest BCUT2D eigenvalue weighted by atomic mass is 9.79. The van der Waals surface area contributed by atoms with Crippen molar-refractivity contribution in [2.24, 2.45) is 11.8 Å². The van der Waals surface area contributed by atoms with Gasteiger partial charge in [0.1, 0.15) is 5.75 Å². The number of ether oxygens (including phenoxy) is 1. The number of aryl methyl sites for hydroxylation is 1. The number of hydrogen-bond acceptors (Lipinski definition) is 5. The maximum absolute atomic E-state index is 11.3. The molecule has 1 aromatic heterocycles. The van der Waals surface area contributed by atoms with E-state index in [-0.39, 0.29) is 0 Å². The summed E-state index contributed by atoms with van der Waals surface area (Å²) in [4.78, 5) is 18.4. The highest BCUT2D eigenvalue weighted by atomic mass is 32.2. The lowest BCUT2D eigenvalue weighted by Gasteiger charge is -2.39. The number of methoxy groups -OCH3 is 1. The largest absolute Gasteiger partial charge is 0.497 e. The number of thioether (sulfide) groups is 1. The highest BCUT2D eigenvalue weighted by Crippen LogP contribution is 2.33. The van der Waals surface area contributed by atoms with E-state index in [2.05, 4.69) is 33.8 Å². The Hall–Kier alpha value is -1.79. The first-order valence-electron chi connectivity index (χ1n) is 13.6. The topological polar surface area (TPSA) is 62.7 Å². The van der Waals surface area contributed by atoms with E-state index in [0.29, 0.717) is 18.3 Å². The summed E-state index contributed by atoms with van der Waals surface area (Å²) in [6.07, 6.45) is 14.5. The lowest BCUT2D eigenvalue weighted by molar-refractivity contribution is -0.137. The molecule has 4 rings (SSSR count). The summed E-state index contributed by atoms with van der Waals surface area (Å²) in [6.45, 7) is 3.38. The summed E-state index contributed by atoms with van der Waals surface area (Å²) in [5.74, 6) is 2.55. The highest BCUT2D eigenvalue weighted by molar-refractivity contribution is 7.99. The first kappa shape index (κ1) is 26.3. The summed E-state index contributed by atoms with van der Waals surface area (Å²) in [7, 11) is 1.70. The number of nitrogens with zero attached hydrogens (tertiary/aromatic N) is 2. The predicted octanol–water partition coefficient (Wildman–Crippen LogP) is 6.43. The summed E-state index contributed by atoms with van der Waals surface area (Å²) in [6, 6.07) is 8.23. The smallest absolute Gasteiger partial charge is 0.303 e. The quantitative estimate of drug-likeness (QED) is 0.364. The molecule has 0 spiro atoms. The molecule has 0 unspecified atom stereocenters. The van der Waals surface area contributed by atoms with E-state index in [0.717, 1.165) is 55.4 Å². The summed E-state index contributed by atoms with van der Waals surface area (Å²) >= 11 is 2.18. The molecule has 1 saturated carbocycles. The standard InChI is InChI=1S/C29H42N2O3S/c1-34-25-11-12-28-27(20-25)23(14-16-30-28)7-5-6-22-15-17-31(21-24(22)10-13-29(32)33)18-19-35-26-8-3-2-4-9-26/h11-12,14,16,20,22,24,26H,2-10,13,15,17-19,21H2,1H3,(H,32,33)/t22-,24+/m1/s1. The van der Waals surface area contributed by atoms with Crippen molar-refractivity contribution in [1.29, 1.82) is 0 Å². The third-order valence-corrected chi connectivity index (χ3v) is 9.44. The van der Waals surface area contributed by atoms with Gasteiger partial charge in [0.15, 0.2) is 0 Å². The molecule has 35 heavy (non-hydrogen) atoms. The Labute approximate surface area is 215 Å². The van der Waals surface area contributed by atoms with Gasteiger partial charge in [0, 0.05) is 42.1 Å². The fourth-order valence-electron chi connectivity index (χ4n) is 6.04. The molecule has 2 fully saturated rings. The zero-order chi connectivity index (χ0) is 24.5. The monoisotopic (exact) mass is 498 g/mol. The number of rotatable bonds is 12. The van der Waals surface area contributed by atoms with Gasteiger partial charge in [-0.25, -0.2) is 0 Å². The van der Waals surface area contributed by atoms with Crippen molar-refractivity contribution in [3.05, 3.63) is 36.0 Å². The van der Waals surface area contributed by atoms with E-state index >= 15 is 0 Å². The molecular formula is C29H42N2O3S. The number of carboxylic acid groups (broad SMARTS) is 1. The van der Waals surface area contributed by atoms with Crippen LogP contribution in [0, 0.1) is 11.8 Å². The van der Waals surface area contributed by atoms with E-state index < -0.39 is 5.97 Å². The predicted molar refractivity (Wildman–Crippen MR) is 145 cm³/mol. The normalized spacial score (nSPS) is 21.9. The van der Waals surface area contributed by atoms with Crippen LogP contribution >= 0.6 is 11.8 Å². The van der Waals surface area contributed by atoms with Gasteiger partial charge in [0.2, 0.25) is 0 Å². The van der Waals surface area contributed by atoms with Crippen molar-refractivity contribution in [3.8, 4) is 5.75 Å². The Morgan fingerprint density at radius 1 is 1.14 bits per heavy atom. The van der Waals surface area contributed by atoms with Crippen LogP contribution in [-0.2, 0) is 11.2 Å². The fourth-order valence-corrected chi connectivity index (χ4v) is 7.40. The number of aliphatic carboxylic acids is 1. The number of pyridine rings is 1. The molecule has 1 aromatic carbocycles. The second-order valence-corrected chi connectivity index (χ2v) is 11.8. The van der Waals surface area contributed by atoms with Crippen molar-refractivity contribution in [3.63, 3.8) is 0 Å². The van der Waals surface area contributed by atoms with E-state index in [4.69, 9.17) is 4.74 Å². The van der Waals surface area contributed by atoms with Crippen LogP contribution in [0.3, 0.4) is 0 Å². The van der Waals surface area contributed by atoms with E-state index in [1.807, 2.05) is 18.3 Å². The highest BCUT2D eigenvalue weighted by Gasteiger charge is 2.29. The minimum atomic E-state index is -0.661. The van der Waals surface area contributed by atoms with Crippen LogP contribution in [0.4, 0.5) is 0 Å². The number of benzene rings is 1. The van der Waals surface area contributed by atoms with Gasteiger partial charge in [0.25, 0.3) is 0 Å². The average Bonchev–Trinajstić information content (AvgIpc) is 2.88. The third kappa shape index (κ3) is 7.85. The number of fused-ring (bicyclic) bond motifs is 1. The van der Waals surface area contributed by atoms with Crippen LogP contribution < -0.4 is 4.74 Å². The van der Waals surface area contributed by atoms with Crippen LogP contribution in [-0.4, -0.2) is 58.7 Å². The number of likely N-dealkylation sites (tertiary alicyclic amines) is 1. The minimum absolute atomic E-state index is 0.292. The van der Waals surface area contributed by atoms with E-state index in [1.54, 1.807) is 7.11 Å². The van der Waals surface area contributed by atoms with Crippen LogP contribution in [0.25, 0.3) is 10.9 Å². The Bertz CT molecular complexity index is 947. The molecule has 2 aromatic rings. The fraction of sp³-hybridized carbons (Fsp3) is 0.655. The van der Waals surface area contributed by atoms with Crippen molar-refractivity contribution in [2.75, 3.05) is 32.5 Å². The number of carbonyl (C=O) groups is 1. The van der Waals surface area contributed by atoms with Gasteiger partial charge in [-0.15, -0.1) is 0 Å². The molecule has 5 nitrogen and oxygen atoms in total. The SMILES string of the molecule is COc1ccc2nccc(CCC[C@@H]3CCN(CCSC4CCCCC4)C[C@@H]3CCC(=O)O)c2c1. The maximum atomic E-state index is 11.3. The molecule has 2 aliphatic rings. The molecule has 2 atom stereocenters. The van der Waals surface area contributed by atoms with Gasteiger partial charge < -0.3 is 14.7 Å². The van der Waals surface area contributed by atoms with Crippen molar-refractivity contribution in [2.45, 2.75) is 75.9 Å². The Kier molecular flexibility index (Phi) is 10.1. The second kappa shape index (κ2) is 13.5. The molecule has 0 radical (unpaired) electrons. The molecule has 0 bridgehead atoms. The summed E-state index contributed by atoms with van der Waals surface area (Å²) in [5.41, 5.74) is 2.34. The molecule has 1 aliphatic heterocycles. The van der Waals surface area contributed by atoms with Crippen LogP contribution in [0.15, 0.2) is 30.5 Å². The molecule has 2 heterocycles. The van der Waals surface area contributed by atoms with Gasteiger partial charge in [0.05, 0.1) is 12.6 Å². The van der Waals surface area contributed by atoms with Gasteiger partial charge in [-0.2, -0.15) is 11.8 Å². The van der Waals surface area contributed by atoms with Crippen molar-refractivity contribution >= 4 is 28.6 Å². The number of piperidine rings is 1. The maximum Gasteiger partial charge on any atom is 0.303 e. The zero-order valence-corrected chi connectivity index (χ0v) is 22.1. The average molecular weight is 499 g/mol. The van der Waals surface area contributed by atoms with Gasteiger partial charge in [-0.05, 0) is 93.2 Å². The first-order valence-corrected chi connectivity index (χ1v) is 14.6. The molecular weight excluding hydrogens is 456 g/mol. The summed E-state index contributed by atoms with van der Waals surface area (Å²) in [5, 5.41) is 11.4. The van der Waals surface area contributed by atoms with Crippen LogP contribution in [0.1, 0.15) is 69.8 Å². The molecule has 192 valence electrons. The van der Waals surface area contributed by atoms with Crippen molar-refractivity contribution < 1.29 is 14.6 Å². The Morgan fingerprint density at radius 2 is 2.00 bits per heavy atom. The molecule has 1 aliphatic carbocycles. The van der Waals surface area contributed by atoms with E-state index in [9.17, 15) is 9.90 Å². The van der Waals surface area contributed by atoms with Crippen LogP contribution in [0.5, 0.6) is 5.75 Å².